The number of hydrogen-bond donors (Lipinski definition) is 1. The SMILES string of the molecule is CC(=O)c1ccc(Nc2nc3sc4c(c3c(=O)n2C)CCCC4)cc1. The maximum absolute atomic E-state index is 12.9. The van der Waals surface area contributed by atoms with Gasteiger partial charge in [0.15, 0.2) is 5.78 Å². The van der Waals surface area contributed by atoms with Crippen molar-refractivity contribution in [3.05, 3.63) is 50.6 Å². The van der Waals surface area contributed by atoms with Crippen molar-refractivity contribution in [1.82, 2.24) is 9.55 Å². The van der Waals surface area contributed by atoms with Crippen molar-refractivity contribution >= 4 is 39.0 Å². The molecule has 4 rings (SSSR count). The van der Waals surface area contributed by atoms with Gasteiger partial charge in [0.25, 0.3) is 5.56 Å². The first-order valence-corrected chi connectivity index (χ1v) is 9.25. The van der Waals surface area contributed by atoms with Crippen LogP contribution < -0.4 is 10.9 Å². The average molecular weight is 353 g/mol. The highest BCUT2D eigenvalue weighted by Crippen LogP contribution is 2.34. The predicted octanol–water partition coefficient (Wildman–Crippen LogP) is 3.82. The highest BCUT2D eigenvalue weighted by Gasteiger charge is 2.21. The van der Waals surface area contributed by atoms with Crippen LogP contribution in [0, 0.1) is 0 Å². The number of thiophene rings is 1. The molecule has 0 saturated carbocycles. The first-order chi connectivity index (χ1) is 12.0. The van der Waals surface area contributed by atoms with E-state index in [9.17, 15) is 9.59 Å². The third-order valence-electron chi connectivity index (χ3n) is 4.74. The lowest BCUT2D eigenvalue weighted by atomic mass is 9.97. The second-order valence-electron chi connectivity index (χ2n) is 6.45. The molecule has 1 aromatic carbocycles. The van der Waals surface area contributed by atoms with Crippen molar-refractivity contribution < 1.29 is 4.79 Å². The van der Waals surface area contributed by atoms with Crippen LogP contribution in [0.2, 0.25) is 0 Å². The summed E-state index contributed by atoms with van der Waals surface area (Å²) < 4.78 is 1.57. The minimum atomic E-state index is 0.00672. The molecule has 0 fully saturated rings. The second-order valence-corrected chi connectivity index (χ2v) is 7.53. The van der Waals surface area contributed by atoms with E-state index in [-0.39, 0.29) is 11.3 Å². The number of ketones is 1. The Kier molecular flexibility index (Phi) is 3.92. The van der Waals surface area contributed by atoms with Gasteiger partial charge < -0.3 is 5.32 Å². The number of fused-ring (bicyclic) bond motifs is 3. The fraction of sp³-hybridized carbons (Fsp3) is 0.316. The largest absolute Gasteiger partial charge is 0.326 e. The molecule has 0 atom stereocenters. The first-order valence-electron chi connectivity index (χ1n) is 8.44. The van der Waals surface area contributed by atoms with Crippen molar-refractivity contribution in [1.29, 1.82) is 0 Å². The lowest BCUT2D eigenvalue weighted by molar-refractivity contribution is 0.101. The maximum Gasteiger partial charge on any atom is 0.263 e. The molecule has 0 saturated heterocycles. The Morgan fingerprint density at radius 3 is 2.64 bits per heavy atom. The molecule has 2 heterocycles. The van der Waals surface area contributed by atoms with Crippen molar-refractivity contribution in [3.8, 4) is 0 Å². The van der Waals surface area contributed by atoms with E-state index in [1.54, 1.807) is 42.0 Å². The van der Waals surface area contributed by atoms with Crippen LogP contribution in [0.4, 0.5) is 11.6 Å². The van der Waals surface area contributed by atoms with Gasteiger partial charge in [0.1, 0.15) is 4.83 Å². The molecule has 128 valence electrons. The van der Waals surface area contributed by atoms with Gasteiger partial charge in [0.05, 0.1) is 5.39 Å². The van der Waals surface area contributed by atoms with E-state index in [1.165, 1.54) is 16.9 Å². The molecule has 0 amide bonds. The van der Waals surface area contributed by atoms with Crippen LogP contribution in [0.1, 0.15) is 40.6 Å². The summed E-state index contributed by atoms with van der Waals surface area (Å²) in [7, 11) is 1.74. The van der Waals surface area contributed by atoms with Crippen LogP contribution in [0.15, 0.2) is 29.1 Å². The van der Waals surface area contributed by atoms with Crippen molar-refractivity contribution in [2.24, 2.45) is 7.05 Å². The zero-order chi connectivity index (χ0) is 17.6. The topological polar surface area (TPSA) is 64.0 Å². The maximum atomic E-state index is 12.9. The summed E-state index contributed by atoms with van der Waals surface area (Å²) in [6, 6.07) is 7.19. The van der Waals surface area contributed by atoms with Gasteiger partial charge in [-0.25, -0.2) is 4.98 Å². The number of hydrogen-bond acceptors (Lipinski definition) is 5. The van der Waals surface area contributed by atoms with Crippen LogP contribution in [-0.2, 0) is 19.9 Å². The Labute approximate surface area is 149 Å². The third-order valence-corrected chi connectivity index (χ3v) is 5.93. The van der Waals surface area contributed by atoms with Crippen molar-refractivity contribution in [2.75, 3.05) is 5.32 Å². The molecule has 0 unspecified atom stereocenters. The lowest BCUT2D eigenvalue weighted by Gasteiger charge is -2.12. The highest BCUT2D eigenvalue weighted by atomic mass is 32.1. The van der Waals surface area contributed by atoms with Crippen LogP contribution in [-0.4, -0.2) is 15.3 Å². The number of carbonyl (C=O) groups is 1. The zero-order valence-corrected chi connectivity index (χ0v) is 15.1. The van der Waals surface area contributed by atoms with Crippen LogP contribution >= 0.6 is 11.3 Å². The summed E-state index contributed by atoms with van der Waals surface area (Å²) in [5.74, 6) is 0.550. The van der Waals surface area contributed by atoms with E-state index < -0.39 is 0 Å². The van der Waals surface area contributed by atoms with E-state index in [0.717, 1.165) is 35.2 Å². The van der Waals surface area contributed by atoms with Gasteiger partial charge in [0.2, 0.25) is 5.95 Å². The van der Waals surface area contributed by atoms with Crippen molar-refractivity contribution in [2.45, 2.75) is 32.6 Å². The molecule has 2 aromatic heterocycles. The fourth-order valence-corrected chi connectivity index (χ4v) is 4.57. The molecule has 1 aliphatic carbocycles. The Balaban J connectivity index is 1.76. The van der Waals surface area contributed by atoms with Crippen LogP contribution in [0.5, 0.6) is 0 Å². The molecule has 25 heavy (non-hydrogen) atoms. The summed E-state index contributed by atoms with van der Waals surface area (Å²) in [5.41, 5.74) is 2.67. The molecule has 6 heteroatoms. The van der Waals surface area contributed by atoms with Gasteiger partial charge in [-0.05, 0) is 62.4 Å². The molecule has 0 radical (unpaired) electrons. The standard InChI is InChI=1S/C19H19N3O2S/c1-11(23)12-7-9-13(10-8-12)20-19-21-17-16(18(24)22(19)2)14-5-3-4-6-15(14)25-17/h7-10H,3-6H2,1-2H3,(H,20,21). The normalized spacial score (nSPS) is 13.7. The quantitative estimate of drug-likeness (QED) is 0.727. The fourth-order valence-electron chi connectivity index (χ4n) is 3.32. The van der Waals surface area contributed by atoms with Gasteiger partial charge in [-0.1, -0.05) is 0 Å². The number of rotatable bonds is 3. The van der Waals surface area contributed by atoms with E-state index >= 15 is 0 Å². The minimum Gasteiger partial charge on any atom is -0.326 e. The van der Waals surface area contributed by atoms with E-state index in [4.69, 9.17) is 4.98 Å². The molecule has 1 aliphatic rings. The molecule has 1 N–H and O–H groups in total. The van der Waals surface area contributed by atoms with Crippen LogP contribution in [0.3, 0.4) is 0 Å². The number of aromatic nitrogens is 2. The number of Topliss-reactive ketones (excluding diaryl/α,β-unsaturated/α-hetero) is 1. The molecule has 5 nitrogen and oxygen atoms in total. The summed E-state index contributed by atoms with van der Waals surface area (Å²) in [6.45, 7) is 1.54. The molecule has 0 aliphatic heterocycles. The molecular weight excluding hydrogens is 334 g/mol. The Morgan fingerprint density at radius 1 is 1.20 bits per heavy atom. The highest BCUT2D eigenvalue weighted by molar-refractivity contribution is 7.18. The number of nitrogens with zero attached hydrogens (tertiary/aromatic N) is 2. The van der Waals surface area contributed by atoms with Gasteiger partial charge >= 0.3 is 0 Å². The van der Waals surface area contributed by atoms with Crippen molar-refractivity contribution in [3.63, 3.8) is 0 Å². The Morgan fingerprint density at radius 2 is 1.92 bits per heavy atom. The summed E-state index contributed by atoms with van der Waals surface area (Å²) in [6.07, 6.45) is 4.36. The van der Waals surface area contributed by atoms with Gasteiger partial charge in [0, 0.05) is 23.2 Å². The predicted molar refractivity (Wildman–Crippen MR) is 101 cm³/mol. The third kappa shape index (κ3) is 2.76. The second kappa shape index (κ2) is 6.11. The minimum absolute atomic E-state index is 0.00672. The van der Waals surface area contributed by atoms with Crippen LogP contribution in [0.25, 0.3) is 10.2 Å². The van der Waals surface area contributed by atoms with E-state index in [1.807, 2.05) is 12.1 Å². The number of benzene rings is 1. The van der Waals surface area contributed by atoms with Gasteiger partial charge in [-0.3, -0.25) is 14.2 Å². The Bertz CT molecular complexity index is 1030. The number of carbonyl (C=O) groups excluding carboxylic acids is 1. The lowest BCUT2D eigenvalue weighted by Crippen LogP contribution is -2.21. The molecular formula is C19H19N3O2S. The zero-order valence-electron chi connectivity index (χ0n) is 14.3. The van der Waals surface area contributed by atoms with Gasteiger partial charge in [-0.15, -0.1) is 11.3 Å². The summed E-state index contributed by atoms with van der Waals surface area (Å²) in [5, 5.41) is 3.99. The summed E-state index contributed by atoms with van der Waals surface area (Å²) in [4.78, 5) is 31.1. The van der Waals surface area contributed by atoms with E-state index in [0.29, 0.717) is 11.5 Å². The number of nitrogens with one attached hydrogen (secondary N) is 1. The molecule has 3 aromatic rings. The first kappa shape index (κ1) is 16.0. The molecule has 0 bridgehead atoms. The number of aryl methyl sites for hydroxylation is 2. The average Bonchev–Trinajstić information content (AvgIpc) is 2.98. The number of anilines is 2. The smallest absolute Gasteiger partial charge is 0.263 e. The van der Waals surface area contributed by atoms with Gasteiger partial charge in [-0.2, -0.15) is 0 Å². The molecule has 0 spiro atoms. The summed E-state index contributed by atoms with van der Waals surface area (Å²) >= 11 is 1.64. The monoisotopic (exact) mass is 353 g/mol. The Hall–Kier alpha value is -2.47. The van der Waals surface area contributed by atoms with E-state index in [2.05, 4.69) is 5.32 Å².